The number of nitrogen functional groups attached to an aromatic ring is 1. The second-order valence-electron chi connectivity index (χ2n) is 4.06. The van der Waals surface area contributed by atoms with Gasteiger partial charge in [0.2, 0.25) is 0 Å². The molecule has 0 bridgehead atoms. The van der Waals surface area contributed by atoms with Crippen LogP contribution in [0.4, 0.5) is 5.69 Å². The molecule has 0 unspecified atom stereocenters. The van der Waals surface area contributed by atoms with Crippen LogP contribution in [0.5, 0.6) is 0 Å². The molecule has 0 spiro atoms. The Morgan fingerprint density at radius 2 is 2.07 bits per heavy atom. The molecule has 0 saturated heterocycles. The maximum atomic E-state index is 6.07. The van der Waals surface area contributed by atoms with Gasteiger partial charge < -0.3 is 11.5 Å². The largest absolute Gasteiger partial charge is 0.398 e. The highest BCUT2D eigenvalue weighted by Gasteiger charge is 2.25. The van der Waals surface area contributed by atoms with Crippen molar-refractivity contribution >= 4 is 29.7 Å². The molecule has 0 aliphatic heterocycles. The van der Waals surface area contributed by atoms with Crippen LogP contribution in [-0.4, -0.2) is 0 Å². The number of benzene rings is 1. The quantitative estimate of drug-likeness (QED) is 0.806. The number of halogens is 2. The zero-order valence-corrected chi connectivity index (χ0v) is 10.0. The monoisotopic (exact) mass is 246 g/mol. The molecule has 0 heterocycles. The van der Waals surface area contributed by atoms with E-state index in [0.29, 0.717) is 5.02 Å². The first-order chi connectivity index (χ1) is 6.66. The van der Waals surface area contributed by atoms with Gasteiger partial charge in [-0.3, -0.25) is 0 Å². The van der Waals surface area contributed by atoms with Gasteiger partial charge in [-0.15, -0.1) is 12.4 Å². The van der Waals surface area contributed by atoms with E-state index in [1.54, 1.807) is 6.07 Å². The van der Waals surface area contributed by atoms with Crippen molar-refractivity contribution in [3.63, 3.8) is 0 Å². The predicted octanol–water partition coefficient (Wildman–Crippen LogP) is 3.14. The lowest BCUT2D eigenvalue weighted by atomic mass is 10.0. The van der Waals surface area contributed by atoms with Gasteiger partial charge in [0.05, 0.1) is 0 Å². The molecule has 1 saturated carbocycles. The van der Waals surface area contributed by atoms with Crippen molar-refractivity contribution < 1.29 is 0 Å². The van der Waals surface area contributed by atoms with Crippen LogP contribution in [0.1, 0.15) is 30.9 Å². The number of rotatable bonds is 3. The third-order valence-electron chi connectivity index (χ3n) is 2.73. The second kappa shape index (κ2) is 5.06. The third kappa shape index (κ3) is 3.26. The van der Waals surface area contributed by atoms with Gasteiger partial charge in [0, 0.05) is 16.8 Å². The zero-order chi connectivity index (χ0) is 10.1. The summed E-state index contributed by atoms with van der Waals surface area (Å²) in [5, 5.41) is 0.709. The molecule has 84 valence electrons. The Balaban J connectivity index is 0.00000112. The summed E-state index contributed by atoms with van der Waals surface area (Å²) in [6, 6.07) is 5.54. The van der Waals surface area contributed by atoms with E-state index >= 15 is 0 Å². The predicted molar refractivity (Wildman–Crippen MR) is 67.4 cm³/mol. The van der Waals surface area contributed by atoms with Gasteiger partial charge in [-0.2, -0.15) is 0 Å². The van der Waals surface area contributed by atoms with E-state index in [1.807, 2.05) is 12.1 Å². The molecule has 0 aromatic heterocycles. The lowest BCUT2D eigenvalue weighted by Crippen LogP contribution is -2.13. The molecule has 0 amide bonds. The third-order valence-corrected chi connectivity index (χ3v) is 2.97. The number of hydrogen-bond donors (Lipinski definition) is 2. The van der Waals surface area contributed by atoms with Gasteiger partial charge in [0.1, 0.15) is 0 Å². The van der Waals surface area contributed by atoms with Crippen molar-refractivity contribution in [2.75, 3.05) is 5.73 Å². The summed E-state index contributed by atoms with van der Waals surface area (Å²) in [6.07, 6.45) is 3.66. The van der Waals surface area contributed by atoms with E-state index < -0.39 is 0 Å². The van der Waals surface area contributed by atoms with Crippen LogP contribution >= 0.6 is 24.0 Å². The summed E-state index contributed by atoms with van der Waals surface area (Å²) in [4.78, 5) is 0. The van der Waals surface area contributed by atoms with Crippen molar-refractivity contribution in [1.82, 2.24) is 0 Å². The Kier molecular flexibility index (Phi) is 4.26. The van der Waals surface area contributed by atoms with Gasteiger partial charge in [-0.25, -0.2) is 0 Å². The van der Waals surface area contributed by atoms with Gasteiger partial charge in [0.15, 0.2) is 0 Å². The van der Waals surface area contributed by atoms with Crippen LogP contribution < -0.4 is 11.5 Å². The first-order valence-corrected chi connectivity index (χ1v) is 5.35. The molecule has 1 aliphatic carbocycles. The van der Waals surface area contributed by atoms with E-state index in [0.717, 1.165) is 23.6 Å². The van der Waals surface area contributed by atoms with Crippen molar-refractivity contribution in [3.05, 3.63) is 28.8 Å². The van der Waals surface area contributed by atoms with Crippen LogP contribution in [0.15, 0.2) is 18.2 Å². The van der Waals surface area contributed by atoms with E-state index in [4.69, 9.17) is 23.1 Å². The summed E-state index contributed by atoms with van der Waals surface area (Å²) in [7, 11) is 0. The topological polar surface area (TPSA) is 52.0 Å². The maximum Gasteiger partial charge on any atom is 0.0410 e. The SMILES string of the molecule is Cl.Nc1ccc(Cl)cc1[C@H](N)CC1CC1. The fourth-order valence-corrected chi connectivity index (χ4v) is 1.89. The van der Waals surface area contributed by atoms with E-state index in [1.165, 1.54) is 12.8 Å². The number of nitrogens with two attached hydrogens (primary N) is 2. The Bertz CT molecular complexity index is 337. The van der Waals surface area contributed by atoms with Crippen molar-refractivity contribution in [3.8, 4) is 0 Å². The van der Waals surface area contributed by atoms with Crippen molar-refractivity contribution in [2.45, 2.75) is 25.3 Å². The minimum atomic E-state index is 0. The summed E-state index contributed by atoms with van der Waals surface area (Å²) < 4.78 is 0. The summed E-state index contributed by atoms with van der Waals surface area (Å²) in [5.74, 6) is 0.809. The molecule has 2 rings (SSSR count). The average Bonchev–Trinajstić information content (AvgIpc) is 2.93. The molecule has 15 heavy (non-hydrogen) atoms. The first kappa shape index (κ1) is 12.6. The van der Waals surface area contributed by atoms with Gasteiger partial charge >= 0.3 is 0 Å². The highest BCUT2D eigenvalue weighted by atomic mass is 35.5. The fraction of sp³-hybridized carbons (Fsp3) is 0.455. The first-order valence-electron chi connectivity index (χ1n) is 4.97. The minimum absolute atomic E-state index is 0. The van der Waals surface area contributed by atoms with Crippen LogP contribution in [-0.2, 0) is 0 Å². The van der Waals surface area contributed by atoms with E-state index in [9.17, 15) is 0 Å². The molecule has 1 atom stereocenters. The van der Waals surface area contributed by atoms with E-state index in [-0.39, 0.29) is 18.4 Å². The normalized spacial score (nSPS) is 16.9. The summed E-state index contributed by atoms with van der Waals surface area (Å²) in [6.45, 7) is 0. The molecular weight excluding hydrogens is 231 g/mol. The summed E-state index contributed by atoms with van der Waals surface area (Å²) >= 11 is 5.90. The molecular formula is C11H16Cl2N2. The molecule has 1 aliphatic rings. The smallest absolute Gasteiger partial charge is 0.0410 e. The van der Waals surface area contributed by atoms with E-state index in [2.05, 4.69) is 0 Å². The van der Waals surface area contributed by atoms with Crippen LogP contribution in [0.2, 0.25) is 5.02 Å². The highest BCUT2D eigenvalue weighted by Crippen LogP contribution is 2.38. The molecule has 1 fully saturated rings. The van der Waals surface area contributed by atoms with Gasteiger partial charge in [-0.1, -0.05) is 24.4 Å². The Morgan fingerprint density at radius 3 is 2.67 bits per heavy atom. The number of anilines is 1. The standard InChI is InChI=1S/C11H15ClN2.ClH/c12-8-3-4-10(13)9(6-8)11(14)5-7-1-2-7;/h3-4,6-7,11H,1-2,5,13-14H2;1H/t11-;/m1./s1. The maximum absolute atomic E-state index is 6.07. The zero-order valence-electron chi connectivity index (χ0n) is 8.45. The molecule has 2 nitrogen and oxygen atoms in total. The Morgan fingerprint density at radius 1 is 1.40 bits per heavy atom. The molecule has 0 radical (unpaired) electrons. The van der Waals surface area contributed by atoms with Crippen molar-refractivity contribution in [1.29, 1.82) is 0 Å². The van der Waals surface area contributed by atoms with Gasteiger partial charge in [-0.05, 0) is 36.1 Å². The second-order valence-corrected chi connectivity index (χ2v) is 4.50. The lowest BCUT2D eigenvalue weighted by Gasteiger charge is -2.14. The highest BCUT2D eigenvalue weighted by molar-refractivity contribution is 6.30. The Hall–Kier alpha value is -0.440. The number of hydrogen-bond acceptors (Lipinski definition) is 2. The average molecular weight is 247 g/mol. The molecule has 4 N–H and O–H groups in total. The molecule has 4 heteroatoms. The van der Waals surface area contributed by atoms with Crippen LogP contribution in [0, 0.1) is 5.92 Å². The van der Waals surface area contributed by atoms with Crippen molar-refractivity contribution in [2.24, 2.45) is 11.7 Å². The molecule has 1 aromatic rings. The van der Waals surface area contributed by atoms with Crippen LogP contribution in [0.25, 0.3) is 0 Å². The molecule has 1 aromatic carbocycles. The lowest BCUT2D eigenvalue weighted by molar-refractivity contribution is 0.598. The fourth-order valence-electron chi connectivity index (χ4n) is 1.71. The minimum Gasteiger partial charge on any atom is -0.398 e. The Labute approximate surface area is 101 Å². The van der Waals surface area contributed by atoms with Gasteiger partial charge in [0.25, 0.3) is 0 Å². The summed E-state index contributed by atoms with van der Waals surface area (Å²) in [5.41, 5.74) is 13.7. The van der Waals surface area contributed by atoms with Crippen LogP contribution in [0.3, 0.4) is 0 Å².